The molecule has 0 aliphatic carbocycles. The Morgan fingerprint density at radius 3 is 2.67 bits per heavy atom. The maximum absolute atomic E-state index is 11.8. The Morgan fingerprint density at radius 2 is 2.04 bits per heavy atom. The molecule has 0 atom stereocenters. The van der Waals surface area contributed by atoms with Gasteiger partial charge in [0.05, 0.1) is 24.1 Å². The van der Waals surface area contributed by atoms with Gasteiger partial charge in [0.15, 0.2) is 5.65 Å². The number of hydrogen-bond donors (Lipinski definition) is 0. The number of unbranched alkanes of at least 4 members (excludes halogenated alkanes) is 1. The third-order valence-electron chi connectivity index (χ3n) is 5.24. The van der Waals surface area contributed by atoms with E-state index in [1.807, 2.05) is 4.68 Å². The maximum atomic E-state index is 11.8. The molecule has 0 spiro atoms. The van der Waals surface area contributed by atoms with Crippen LogP contribution in [0.25, 0.3) is 11.0 Å². The molecular weight excluding hydrogens is 342 g/mol. The van der Waals surface area contributed by atoms with Crippen LogP contribution in [0.2, 0.25) is 0 Å². The summed E-state index contributed by atoms with van der Waals surface area (Å²) in [6.45, 7) is 9.09. The molecule has 148 valence electrons. The Hall–Kier alpha value is -2.18. The van der Waals surface area contributed by atoms with Crippen LogP contribution in [-0.4, -0.2) is 45.9 Å². The molecule has 0 saturated carbocycles. The van der Waals surface area contributed by atoms with Crippen LogP contribution in [0.3, 0.4) is 0 Å². The third-order valence-corrected chi connectivity index (χ3v) is 5.24. The number of anilines is 1. The zero-order valence-corrected chi connectivity index (χ0v) is 16.9. The van der Waals surface area contributed by atoms with Gasteiger partial charge in [-0.05, 0) is 31.6 Å². The van der Waals surface area contributed by atoms with Gasteiger partial charge in [-0.25, -0.2) is 14.6 Å². The number of carbonyl (C=O) groups is 1. The quantitative estimate of drug-likeness (QED) is 0.694. The van der Waals surface area contributed by atoms with Gasteiger partial charge in [0.1, 0.15) is 12.1 Å². The molecule has 3 rings (SSSR count). The van der Waals surface area contributed by atoms with E-state index in [0.717, 1.165) is 74.3 Å². The first-order chi connectivity index (χ1) is 13.0. The van der Waals surface area contributed by atoms with E-state index < -0.39 is 0 Å². The van der Waals surface area contributed by atoms with Gasteiger partial charge in [-0.1, -0.05) is 27.2 Å². The van der Waals surface area contributed by atoms with Gasteiger partial charge >= 0.3 is 5.97 Å². The monoisotopic (exact) mass is 373 g/mol. The number of methoxy groups -OCH3 is 1. The lowest BCUT2D eigenvalue weighted by Gasteiger charge is -2.31. The number of rotatable bonds is 7. The summed E-state index contributed by atoms with van der Waals surface area (Å²) in [4.78, 5) is 23.3. The number of ether oxygens (including phenoxy) is 1. The van der Waals surface area contributed by atoms with E-state index in [4.69, 9.17) is 9.84 Å². The van der Waals surface area contributed by atoms with Crippen molar-refractivity contribution in [1.29, 1.82) is 0 Å². The Labute approximate surface area is 161 Å². The van der Waals surface area contributed by atoms with E-state index >= 15 is 0 Å². The van der Waals surface area contributed by atoms with Crippen molar-refractivity contribution in [2.24, 2.45) is 11.8 Å². The number of esters is 1. The Kier molecular flexibility index (Phi) is 6.29. The van der Waals surface area contributed by atoms with Crippen LogP contribution in [-0.2, 0) is 22.5 Å². The van der Waals surface area contributed by atoms with Crippen LogP contribution in [0.4, 0.5) is 5.82 Å². The maximum Gasteiger partial charge on any atom is 0.308 e. The molecule has 7 heteroatoms. The van der Waals surface area contributed by atoms with Gasteiger partial charge in [-0.3, -0.25) is 4.79 Å². The van der Waals surface area contributed by atoms with Crippen molar-refractivity contribution in [3.63, 3.8) is 0 Å². The predicted octanol–water partition coefficient (Wildman–Crippen LogP) is 3.21. The van der Waals surface area contributed by atoms with Crippen molar-refractivity contribution < 1.29 is 9.53 Å². The second-order valence-corrected chi connectivity index (χ2v) is 7.80. The SMILES string of the molecule is CCCCn1nc(CC(C)C)c2c(N3CCC(C(=O)OC)CC3)ncnc21. The van der Waals surface area contributed by atoms with Crippen LogP contribution in [0.15, 0.2) is 6.33 Å². The van der Waals surface area contributed by atoms with Gasteiger partial charge in [0, 0.05) is 19.6 Å². The summed E-state index contributed by atoms with van der Waals surface area (Å²) in [5.41, 5.74) is 2.01. The fourth-order valence-corrected chi connectivity index (χ4v) is 3.79. The molecule has 0 N–H and O–H groups in total. The summed E-state index contributed by atoms with van der Waals surface area (Å²) >= 11 is 0. The van der Waals surface area contributed by atoms with Crippen molar-refractivity contribution in [1.82, 2.24) is 19.7 Å². The van der Waals surface area contributed by atoms with Crippen LogP contribution in [0.5, 0.6) is 0 Å². The highest BCUT2D eigenvalue weighted by atomic mass is 16.5. The molecule has 2 aromatic rings. The van der Waals surface area contributed by atoms with Crippen LogP contribution >= 0.6 is 0 Å². The number of carbonyl (C=O) groups excluding carboxylic acids is 1. The highest BCUT2D eigenvalue weighted by Crippen LogP contribution is 2.31. The van der Waals surface area contributed by atoms with Crippen molar-refractivity contribution in [2.75, 3.05) is 25.1 Å². The standard InChI is InChI=1S/C20H31N5O2/c1-5-6-9-25-19-17(16(23-25)12-14(2)3)18(21-13-22-19)24-10-7-15(8-11-24)20(26)27-4/h13-15H,5-12H2,1-4H3. The molecule has 0 radical (unpaired) electrons. The number of aromatic nitrogens is 4. The summed E-state index contributed by atoms with van der Waals surface area (Å²) in [7, 11) is 1.46. The van der Waals surface area contributed by atoms with E-state index in [-0.39, 0.29) is 11.9 Å². The third kappa shape index (κ3) is 4.22. The number of piperidine rings is 1. The molecule has 1 saturated heterocycles. The smallest absolute Gasteiger partial charge is 0.308 e. The van der Waals surface area contributed by atoms with Crippen molar-refractivity contribution in [3.05, 3.63) is 12.0 Å². The molecule has 27 heavy (non-hydrogen) atoms. The van der Waals surface area contributed by atoms with Crippen molar-refractivity contribution in [2.45, 2.75) is 59.4 Å². The second-order valence-electron chi connectivity index (χ2n) is 7.80. The summed E-state index contributed by atoms with van der Waals surface area (Å²) in [6, 6.07) is 0. The van der Waals surface area contributed by atoms with Gasteiger partial charge < -0.3 is 9.64 Å². The molecule has 7 nitrogen and oxygen atoms in total. The highest BCUT2D eigenvalue weighted by molar-refractivity contribution is 5.90. The molecule has 3 heterocycles. The average Bonchev–Trinajstić information content (AvgIpc) is 3.03. The number of hydrogen-bond acceptors (Lipinski definition) is 6. The topological polar surface area (TPSA) is 73.1 Å². The van der Waals surface area contributed by atoms with E-state index in [1.165, 1.54) is 7.11 Å². The highest BCUT2D eigenvalue weighted by Gasteiger charge is 2.28. The van der Waals surface area contributed by atoms with Crippen LogP contribution in [0, 0.1) is 11.8 Å². The lowest BCUT2D eigenvalue weighted by Crippen LogP contribution is -2.37. The summed E-state index contributed by atoms with van der Waals surface area (Å²) < 4.78 is 6.95. The second kappa shape index (κ2) is 8.67. The molecule has 1 fully saturated rings. The van der Waals surface area contributed by atoms with Crippen molar-refractivity contribution in [3.8, 4) is 0 Å². The first-order valence-electron chi connectivity index (χ1n) is 10.1. The number of nitrogens with zero attached hydrogens (tertiary/aromatic N) is 5. The first kappa shape index (κ1) is 19.6. The van der Waals surface area contributed by atoms with E-state index in [2.05, 4.69) is 35.6 Å². The van der Waals surface area contributed by atoms with E-state index in [0.29, 0.717) is 5.92 Å². The predicted molar refractivity (Wildman–Crippen MR) is 106 cm³/mol. The summed E-state index contributed by atoms with van der Waals surface area (Å²) in [5, 5.41) is 5.97. The van der Waals surface area contributed by atoms with Gasteiger partial charge in [0.25, 0.3) is 0 Å². The van der Waals surface area contributed by atoms with Crippen LogP contribution < -0.4 is 4.90 Å². The fraction of sp³-hybridized carbons (Fsp3) is 0.700. The molecule has 0 aromatic carbocycles. The Bertz CT molecular complexity index is 778. The normalized spacial score (nSPS) is 15.7. The zero-order chi connectivity index (χ0) is 19.4. The minimum absolute atomic E-state index is 0.00834. The first-order valence-corrected chi connectivity index (χ1v) is 10.1. The largest absolute Gasteiger partial charge is 0.469 e. The molecule has 0 bridgehead atoms. The molecule has 1 aliphatic heterocycles. The molecular formula is C20H31N5O2. The molecule has 0 unspecified atom stereocenters. The van der Waals surface area contributed by atoms with Crippen molar-refractivity contribution >= 4 is 22.8 Å². The summed E-state index contributed by atoms with van der Waals surface area (Å²) in [5.74, 6) is 1.36. The lowest BCUT2D eigenvalue weighted by molar-refractivity contribution is -0.146. The molecule has 1 aliphatic rings. The molecule has 2 aromatic heterocycles. The van der Waals surface area contributed by atoms with Gasteiger partial charge in [-0.2, -0.15) is 5.10 Å². The van der Waals surface area contributed by atoms with E-state index in [9.17, 15) is 4.79 Å². The molecule has 0 amide bonds. The zero-order valence-electron chi connectivity index (χ0n) is 16.9. The number of aryl methyl sites for hydroxylation is 1. The van der Waals surface area contributed by atoms with E-state index in [1.54, 1.807) is 6.33 Å². The Morgan fingerprint density at radius 1 is 1.30 bits per heavy atom. The summed E-state index contributed by atoms with van der Waals surface area (Å²) in [6.07, 6.45) is 6.35. The fourth-order valence-electron chi connectivity index (χ4n) is 3.79. The lowest BCUT2D eigenvalue weighted by atomic mass is 9.96. The van der Waals surface area contributed by atoms with Gasteiger partial charge in [-0.15, -0.1) is 0 Å². The Balaban J connectivity index is 1.93. The minimum atomic E-state index is -0.102. The average molecular weight is 374 g/mol. The minimum Gasteiger partial charge on any atom is -0.469 e. The number of fused-ring (bicyclic) bond motifs is 1. The van der Waals surface area contributed by atoms with Crippen LogP contribution in [0.1, 0.15) is 52.1 Å². The van der Waals surface area contributed by atoms with Gasteiger partial charge in [0.2, 0.25) is 0 Å².